The van der Waals surface area contributed by atoms with E-state index in [0.717, 1.165) is 11.1 Å². The Morgan fingerprint density at radius 2 is 1.76 bits per heavy atom. The van der Waals surface area contributed by atoms with E-state index in [2.05, 4.69) is 5.32 Å². The molecule has 1 heterocycles. The minimum atomic E-state index is -0.868. The van der Waals surface area contributed by atoms with Crippen molar-refractivity contribution in [3.05, 3.63) is 81.3 Å². The Balaban J connectivity index is 1.75. The third-order valence-electron chi connectivity index (χ3n) is 4.73. The van der Waals surface area contributed by atoms with Crippen LogP contribution in [0.15, 0.2) is 62.2 Å². The lowest BCUT2D eigenvalue weighted by atomic mass is 9.99. The fourth-order valence-electron chi connectivity index (χ4n) is 3.16. The third-order valence-corrected chi connectivity index (χ3v) is 4.97. The number of rotatable bonds is 7. The first-order chi connectivity index (χ1) is 16.0. The number of esters is 1. The lowest BCUT2D eigenvalue weighted by Gasteiger charge is -2.23. The second kappa shape index (κ2) is 10.6. The van der Waals surface area contributed by atoms with Gasteiger partial charge in [0.1, 0.15) is 5.60 Å². The third kappa shape index (κ3) is 7.25. The zero-order valence-corrected chi connectivity index (χ0v) is 20.1. The summed E-state index contributed by atoms with van der Waals surface area (Å²) >= 11 is 6.09. The van der Waals surface area contributed by atoms with Crippen molar-refractivity contribution >= 4 is 23.7 Å². The Labute approximate surface area is 201 Å². The Hall–Kier alpha value is -3.52. The van der Waals surface area contributed by atoms with Gasteiger partial charge in [0.05, 0.1) is 12.5 Å². The van der Waals surface area contributed by atoms with Gasteiger partial charge >= 0.3 is 17.9 Å². The van der Waals surface area contributed by atoms with Crippen LogP contribution in [0.2, 0.25) is 5.02 Å². The maximum atomic E-state index is 12.5. The molecule has 0 aliphatic rings. The van der Waals surface area contributed by atoms with Crippen molar-refractivity contribution in [1.82, 2.24) is 5.32 Å². The minimum absolute atomic E-state index is 0.126. The summed E-state index contributed by atoms with van der Waals surface area (Å²) in [5.41, 5.74) is 1.84. The fourth-order valence-corrected chi connectivity index (χ4v) is 3.35. The highest BCUT2D eigenvalue weighted by molar-refractivity contribution is 6.30. The molecule has 0 radical (unpaired) electrons. The molecule has 0 spiro atoms. The van der Waals surface area contributed by atoms with Gasteiger partial charge in [0.2, 0.25) is 0 Å². The highest BCUT2D eigenvalue weighted by atomic mass is 35.5. The molecule has 0 fully saturated rings. The Kier molecular flexibility index (Phi) is 7.83. The number of hydrogen-bond donors (Lipinski definition) is 1. The van der Waals surface area contributed by atoms with Gasteiger partial charge in [-0.2, -0.15) is 0 Å². The zero-order valence-electron chi connectivity index (χ0n) is 19.3. The lowest BCUT2D eigenvalue weighted by Crippen LogP contribution is -2.36. The molecular weight excluding hydrogens is 462 g/mol. The summed E-state index contributed by atoms with van der Waals surface area (Å²) in [6.07, 6.45) is -0.836. The van der Waals surface area contributed by atoms with Crippen molar-refractivity contribution in [3.63, 3.8) is 0 Å². The van der Waals surface area contributed by atoms with Crippen LogP contribution in [0.3, 0.4) is 0 Å². The van der Waals surface area contributed by atoms with Gasteiger partial charge in [0.25, 0.3) is 0 Å². The van der Waals surface area contributed by atoms with E-state index in [9.17, 15) is 14.4 Å². The molecule has 1 amide bonds. The Morgan fingerprint density at radius 3 is 2.35 bits per heavy atom. The van der Waals surface area contributed by atoms with Crippen molar-refractivity contribution in [1.29, 1.82) is 0 Å². The van der Waals surface area contributed by atoms with E-state index in [1.807, 2.05) is 42.5 Å². The molecular formula is C25H26ClNO7. The van der Waals surface area contributed by atoms with Gasteiger partial charge in [-0.15, -0.1) is 0 Å². The van der Waals surface area contributed by atoms with Crippen LogP contribution in [0.4, 0.5) is 4.79 Å². The summed E-state index contributed by atoms with van der Waals surface area (Å²) in [4.78, 5) is 36.1. The van der Waals surface area contributed by atoms with E-state index in [4.69, 9.17) is 29.9 Å². The molecule has 34 heavy (non-hydrogen) atoms. The summed E-state index contributed by atoms with van der Waals surface area (Å²) in [7, 11) is 0. The van der Waals surface area contributed by atoms with Gasteiger partial charge in [-0.05, 0) is 56.5 Å². The first kappa shape index (κ1) is 25.1. The number of halogens is 1. The van der Waals surface area contributed by atoms with E-state index in [1.54, 1.807) is 26.8 Å². The number of hydrogen-bond acceptors (Lipinski definition) is 7. The maximum absolute atomic E-state index is 12.5. The number of ether oxygens (including phenoxy) is 2. The summed E-state index contributed by atoms with van der Waals surface area (Å²) in [6.45, 7) is 6.51. The monoisotopic (exact) mass is 487 g/mol. The topological polar surface area (TPSA) is 108 Å². The van der Waals surface area contributed by atoms with Crippen LogP contribution in [0.25, 0.3) is 11.1 Å². The molecule has 1 N–H and O–H groups in total. The molecule has 1 atom stereocenters. The van der Waals surface area contributed by atoms with Crippen LogP contribution in [0.1, 0.15) is 50.3 Å². The van der Waals surface area contributed by atoms with E-state index in [0.29, 0.717) is 10.6 Å². The van der Waals surface area contributed by atoms with Crippen LogP contribution in [-0.4, -0.2) is 17.7 Å². The molecule has 1 aromatic heterocycles. The number of carbonyl (C=O) groups excluding carboxylic acids is 2. The first-order valence-corrected chi connectivity index (χ1v) is 11.0. The average Bonchev–Trinajstić information content (AvgIpc) is 3.07. The van der Waals surface area contributed by atoms with Crippen LogP contribution in [-0.2, 0) is 20.9 Å². The van der Waals surface area contributed by atoms with Gasteiger partial charge in [0.15, 0.2) is 18.1 Å². The van der Waals surface area contributed by atoms with Crippen LogP contribution >= 0.6 is 11.6 Å². The number of amides is 1. The highest BCUT2D eigenvalue weighted by Crippen LogP contribution is 2.26. The largest absolute Gasteiger partial charge is 0.519 e. The number of nitrogens with one attached hydrogen (secondary N) is 1. The molecule has 0 saturated heterocycles. The molecule has 0 aliphatic heterocycles. The molecule has 8 nitrogen and oxygen atoms in total. The zero-order chi connectivity index (χ0) is 24.9. The number of alkyl carbamates (subject to hydrolysis) is 1. The molecule has 0 saturated carbocycles. The lowest BCUT2D eigenvalue weighted by molar-refractivity contribution is -0.146. The number of aryl methyl sites for hydroxylation is 1. The molecule has 3 rings (SSSR count). The summed E-state index contributed by atoms with van der Waals surface area (Å²) in [6, 6.07) is 14.1. The van der Waals surface area contributed by atoms with Gasteiger partial charge in [0, 0.05) is 5.02 Å². The molecule has 3 aromatic rings. The second-order valence-electron chi connectivity index (χ2n) is 8.63. The predicted octanol–water partition coefficient (Wildman–Crippen LogP) is 5.56. The smallest absolute Gasteiger partial charge is 0.457 e. The standard InChI is InChI=1S/C25H26ClNO7/c1-15-21(33-24(30)32-15)14-31-22(28)13-20(27-23(29)34-25(2,3)4)17-10-8-16(9-11-17)18-6-5-7-19(26)12-18/h5-12,20H,13-14H2,1-4H3,(H,27,29). The first-order valence-electron chi connectivity index (χ1n) is 10.6. The van der Waals surface area contributed by atoms with E-state index < -0.39 is 29.5 Å². The van der Waals surface area contributed by atoms with Gasteiger partial charge in [-0.3, -0.25) is 4.79 Å². The summed E-state index contributed by atoms with van der Waals surface area (Å²) in [5, 5.41) is 3.35. The minimum Gasteiger partial charge on any atom is -0.457 e. The van der Waals surface area contributed by atoms with E-state index in [-0.39, 0.29) is 24.5 Å². The molecule has 0 bridgehead atoms. The quantitative estimate of drug-likeness (QED) is 0.434. The van der Waals surface area contributed by atoms with Gasteiger partial charge in [-0.25, -0.2) is 9.59 Å². The molecule has 1 unspecified atom stereocenters. The predicted molar refractivity (Wildman–Crippen MR) is 125 cm³/mol. The SMILES string of the molecule is Cc1oc(=O)oc1COC(=O)CC(NC(=O)OC(C)(C)C)c1ccc(-c2cccc(Cl)c2)cc1. The van der Waals surface area contributed by atoms with Gasteiger partial charge in [-0.1, -0.05) is 48.0 Å². The number of carbonyl (C=O) groups is 2. The fraction of sp³-hybridized carbons (Fsp3) is 0.320. The molecule has 0 aliphatic carbocycles. The second-order valence-corrected chi connectivity index (χ2v) is 9.07. The van der Waals surface area contributed by atoms with Crippen LogP contribution in [0, 0.1) is 6.92 Å². The van der Waals surface area contributed by atoms with Gasteiger partial charge < -0.3 is 23.6 Å². The van der Waals surface area contributed by atoms with Crippen molar-refractivity contribution in [2.75, 3.05) is 0 Å². The normalized spacial score (nSPS) is 12.1. The summed E-state index contributed by atoms with van der Waals surface area (Å²) < 4.78 is 20.2. The Bertz CT molecular complexity index is 1200. The maximum Gasteiger partial charge on any atom is 0.519 e. The number of benzene rings is 2. The molecule has 9 heteroatoms. The molecule has 180 valence electrons. The van der Waals surface area contributed by atoms with Crippen LogP contribution in [0.5, 0.6) is 0 Å². The average molecular weight is 488 g/mol. The highest BCUT2D eigenvalue weighted by Gasteiger charge is 2.24. The van der Waals surface area contributed by atoms with Crippen molar-refractivity contribution in [2.45, 2.75) is 52.4 Å². The van der Waals surface area contributed by atoms with Crippen molar-refractivity contribution in [2.24, 2.45) is 0 Å². The van der Waals surface area contributed by atoms with Crippen molar-refractivity contribution < 1.29 is 27.9 Å². The van der Waals surface area contributed by atoms with E-state index >= 15 is 0 Å². The summed E-state index contributed by atoms with van der Waals surface area (Å²) in [5.74, 6) is -1.12. The van der Waals surface area contributed by atoms with Crippen LogP contribution < -0.4 is 11.1 Å². The molecule has 2 aromatic carbocycles. The Morgan fingerprint density at radius 1 is 1.06 bits per heavy atom. The van der Waals surface area contributed by atoms with Crippen molar-refractivity contribution in [3.8, 4) is 11.1 Å². The van der Waals surface area contributed by atoms with E-state index in [1.165, 1.54) is 6.92 Å².